The molecule has 2 heterocycles. The zero-order valence-electron chi connectivity index (χ0n) is 10.3. The molecule has 1 aliphatic heterocycles. The molecule has 4 atom stereocenters. The van der Waals surface area contributed by atoms with Crippen LogP contribution in [-0.4, -0.2) is 55.6 Å². The van der Waals surface area contributed by atoms with Crippen molar-refractivity contribution < 1.29 is 24.9 Å². The second-order valence-electron chi connectivity index (χ2n) is 4.30. The molecule has 1 unspecified atom stereocenters. The van der Waals surface area contributed by atoms with Gasteiger partial charge in [-0.2, -0.15) is 0 Å². The molecule has 2 rings (SSSR count). The first-order valence-electron chi connectivity index (χ1n) is 5.78. The number of ether oxygens (including phenoxy) is 1. The molecule has 1 saturated heterocycles. The first-order chi connectivity index (χ1) is 9.00. The van der Waals surface area contributed by atoms with E-state index in [1.54, 1.807) is 0 Å². The number of rotatable bonds is 3. The Morgan fingerprint density at radius 2 is 2.16 bits per heavy atom. The summed E-state index contributed by atoms with van der Waals surface area (Å²) in [6.07, 6.45) is -0.605. The number of thioether (sulfide) groups is 1. The molecule has 0 amide bonds. The molecule has 7 heteroatoms. The predicted octanol–water partition coefficient (Wildman–Crippen LogP) is -0.181. The monoisotopic (exact) mass is 285 g/mol. The topological polar surface area (TPSA) is 99.9 Å². The van der Waals surface area contributed by atoms with E-state index in [9.17, 15) is 20.1 Å². The molecule has 3 N–H and O–H groups in total. The summed E-state index contributed by atoms with van der Waals surface area (Å²) in [6, 6.07) is 1.53. The van der Waals surface area contributed by atoms with Crippen molar-refractivity contribution >= 4 is 17.5 Å². The average molecular weight is 285 g/mol. The highest BCUT2D eigenvalue weighted by molar-refractivity contribution is 7.99. The zero-order valence-corrected chi connectivity index (χ0v) is 11.1. The Hall–Kier alpha value is -1.15. The first kappa shape index (κ1) is 14.3. The summed E-state index contributed by atoms with van der Waals surface area (Å²) in [5.74, 6) is 0.335. The van der Waals surface area contributed by atoms with Gasteiger partial charge in [0.2, 0.25) is 0 Å². The third kappa shape index (κ3) is 3.06. The number of Topliss-reactive ketones (excluding diaryl/α,β-unsaturated/α-hetero) is 1. The molecular formula is C12H15NO5S. The van der Waals surface area contributed by atoms with Crippen molar-refractivity contribution in [3.05, 3.63) is 24.0 Å². The second kappa shape index (κ2) is 5.87. The number of hydrogen-bond donors (Lipinski definition) is 3. The minimum Gasteiger partial charge on any atom is -0.475 e. The maximum atomic E-state index is 11.4. The largest absolute Gasteiger partial charge is 0.475 e. The lowest BCUT2D eigenvalue weighted by Gasteiger charge is -2.34. The lowest BCUT2D eigenvalue weighted by molar-refractivity contribution is -0.0787. The summed E-state index contributed by atoms with van der Waals surface area (Å²) in [5, 5.41) is 28.9. The van der Waals surface area contributed by atoms with Crippen molar-refractivity contribution in [1.29, 1.82) is 0 Å². The summed E-state index contributed by atoms with van der Waals surface area (Å²) < 4.78 is 5.54. The number of aliphatic hydroxyl groups excluding tert-OH is 3. The molecule has 1 fully saturated rings. The lowest BCUT2D eigenvalue weighted by Crippen LogP contribution is -2.50. The molecule has 104 valence electrons. The van der Waals surface area contributed by atoms with Crippen LogP contribution in [0.2, 0.25) is 0 Å². The maximum Gasteiger partial charge on any atom is 0.173 e. The number of carbonyl (C=O) groups is 1. The van der Waals surface area contributed by atoms with Gasteiger partial charge in [-0.3, -0.25) is 9.78 Å². The van der Waals surface area contributed by atoms with Gasteiger partial charge >= 0.3 is 0 Å². The van der Waals surface area contributed by atoms with Crippen LogP contribution in [0.4, 0.5) is 0 Å². The van der Waals surface area contributed by atoms with Crippen LogP contribution in [-0.2, 0) is 0 Å². The smallest absolute Gasteiger partial charge is 0.173 e. The molecule has 1 aromatic heterocycles. The first-order valence-corrected chi connectivity index (χ1v) is 6.83. The SMILES string of the molecule is CC(=O)c1ccncc1OC1SC[C@@H](O)[C@H](O)[C@H]1O. The summed E-state index contributed by atoms with van der Waals surface area (Å²) >= 11 is 1.18. The average Bonchev–Trinajstić information content (AvgIpc) is 2.40. The molecule has 0 bridgehead atoms. The Kier molecular flexibility index (Phi) is 4.41. The second-order valence-corrected chi connectivity index (χ2v) is 5.43. The number of pyridine rings is 1. The third-order valence-corrected chi connectivity index (χ3v) is 4.10. The summed E-state index contributed by atoms with van der Waals surface area (Å²) in [7, 11) is 0. The molecule has 6 nitrogen and oxygen atoms in total. The van der Waals surface area contributed by atoms with Crippen molar-refractivity contribution in [2.45, 2.75) is 30.7 Å². The van der Waals surface area contributed by atoms with Gasteiger partial charge in [0.05, 0.1) is 17.9 Å². The molecular weight excluding hydrogens is 270 g/mol. The van der Waals surface area contributed by atoms with Crippen molar-refractivity contribution in [3.8, 4) is 5.75 Å². The van der Waals surface area contributed by atoms with E-state index in [1.807, 2.05) is 0 Å². The Balaban J connectivity index is 2.15. The van der Waals surface area contributed by atoms with Gasteiger partial charge in [0.25, 0.3) is 0 Å². The Bertz CT molecular complexity index is 469. The highest BCUT2D eigenvalue weighted by Crippen LogP contribution is 2.30. The summed E-state index contributed by atoms with van der Waals surface area (Å²) in [6.45, 7) is 1.41. The Labute approximate surface area is 114 Å². The number of aromatic nitrogens is 1. The van der Waals surface area contributed by atoms with Crippen LogP contribution in [0.25, 0.3) is 0 Å². The van der Waals surface area contributed by atoms with Crippen molar-refractivity contribution in [3.63, 3.8) is 0 Å². The number of nitrogens with zero attached hydrogens (tertiary/aromatic N) is 1. The van der Waals surface area contributed by atoms with E-state index >= 15 is 0 Å². The van der Waals surface area contributed by atoms with E-state index in [1.165, 1.54) is 37.1 Å². The molecule has 0 aliphatic carbocycles. The molecule has 1 aliphatic rings. The van der Waals surface area contributed by atoms with Crippen LogP contribution >= 0.6 is 11.8 Å². The summed E-state index contributed by atoms with van der Waals surface area (Å²) in [5.41, 5.74) is -0.385. The van der Waals surface area contributed by atoms with Gasteiger partial charge in [-0.05, 0) is 13.0 Å². The minimum absolute atomic E-state index is 0.173. The predicted molar refractivity (Wildman–Crippen MR) is 69.1 cm³/mol. The van der Waals surface area contributed by atoms with Crippen LogP contribution in [0.15, 0.2) is 18.5 Å². The lowest BCUT2D eigenvalue weighted by atomic mass is 10.1. The number of aliphatic hydroxyl groups is 3. The van der Waals surface area contributed by atoms with E-state index in [0.29, 0.717) is 5.56 Å². The van der Waals surface area contributed by atoms with Crippen LogP contribution in [0.1, 0.15) is 17.3 Å². The Morgan fingerprint density at radius 3 is 2.84 bits per heavy atom. The minimum atomic E-state index is -1.26. The number of hydrogen-bond acceptors (Lipinski definition) is 7. The molecule has 0 aromatic carbocycles. The molecule has 0 saturated carbocycles. The molecule has 1 aromatic rings. The van der Waals surface area contributed by atoms with Crippen LogP contribution in [0.5, 0.6) is 5.75 Å². The fourth-order valence-corrected chi connectivity index (χ4v) is 2.89. The fourth-order valence-electron chi connectivity index (χ4n) is 1.77. The van der Waals surface area contributed by atoms with Crippen molar-refractivity contribution in [2.75, 3.05) is 5.75 Å². The van der Waals surface area contributed by atoms with Gasteiger partial charge in [-0.25, -0.2) is 0 Å². The molecule has 0 spiro atoms. The summed E-state index contributed by atoms with van der Waals surface area (Å²) in [4.78, 5) is 15.3. The van der Waals surface area contributed by atoms with Gasteiger partial charge in [-0.1, -0.05) is 0 Å². The van der Waals surface area contributed by atoms with Gasteiger partial charge in [0.15, 0.2) is 11.2 Å². The van der Waals surface area contributed by atoms with E-state index in [2.05, 4.69) is 4.98 Å². The molecule has 19 heavy (non-hydrogen) atoms. The van der Waals surface area contributed by atoms with Crippen LogP contribution in [0, 0.1) is 0 Å². The third-order valence-electron chi connectivity index (χ3n) is 2.86. The standard InChI is InChI=1S/C12H15NO5S/c1-6(14)7-2-3-13-4-9(7)18-12-11(17)10(16)8(15)5-19-12/h2-4,8,10-12,15-17H,5H2,1H3/t8-,10+,11-,12?/m1/s1. The number of ketones is 1. The van der Waals surface area contributed by atoms with Crippen molar-refractivity contribution in [2.24, 2.45) is 0 Å². The highest BCUT2D eigenvalue weighted by atomic mass is 32.2. The quantitative estimate of drug-likeness (QED) is 0.662. The van der Waals surface area contributed by atoms with Crippen molar-refractivity contribution in [1.82, 2.24) is 4.98 Å². The van der Waals surface area contributed by atoms with Gasteiger partial charge in [-0.15, -0.1) is 11.8 Å². The molecule has 0 radical (unpaired) electrons. The van der Waals surface area contributed by atoms with Gasteiger partial charge < -0.3 is 20.1 Å². The van der Waals surface area contributed by atoms with E-state index < -0.39 is 23.7 Å². The fraction of sp³-hybridized carbons (Fsp3) is 0.500. The van der Waals surface area contributed by atoms with Gasteiger partial charge in [0, 0.05) is 11.9 Å². The van der Waals surface area contributed by atoms with E-state index in [-0.39, 0.29) is 17.3 Å². The maximum absolute atomic E-state index is 11.4. The highest BCUT2D eigenvalue weighted by Gasteiger charge is 2.38. The van der Waals surface area contributed by atoms with E-state index in [0.717, 1.165) is 0 Å². The van der Waals surface area contributed by atoms with E-state index in [4.69, 9.17) is 4.74 Å². The van der Waals surface area contributed by atoms with Gasteiger partial charge in [0.1, 0.15) is 18.0 Å². The van der Waals surface area contributed by atoms with Crippen LogP contribution < -0.4 is 4.74 Å². The number of carbonyl (C=O) groups excluding carboxylic acids is 1. The normalized spacial score (nSPS) is 30.9. The Morgan fingerprint density at radius 1 is 1.42 bits per heavy atom. The zero-order chi connectivity index (χ0) is 14.0. The van der Waals surface area contributed by atoms with Crippen LogP contribution in [0.3, 0.4) is 0 Å².